The summed E-state index contributed by atoms with van der Waals surface area (Å²) in [7, 11) is 0. The molecule has 0 atom stereocenters. The molecular weight excluding hydrogens is 263 g/mol. The van der Waals surface area contributed by atoms with E-state index < -0.39 is 0 Å². The summed E-state index contributed by atoms with van der Waals surface area (Å²) in [5.41, 5.74) is 1.19. The molecule has 1 aromatic carbocycles. The van der Waals surface area contributed by atoms with Crippen LogP contribution in [0.2, 0.25) is 5.02 Å². The van der Waals surface area contributed by atoms with Crippen LogP contribution in [-0.4, -0.2) is 11.9 Å². The Morgan fingerprint density at radius 1 is 1.43 bits per heavy atom. The van der Waals surface area contributed by atoms with E-state index in [1.165, 1.54) is 5.56 Å². The molecule has 0 amide bonds. The van der Waals surface area contributed by atoms with E-state index in [4.69, 9.17) is 16.3 Å². The number of alkyl halides is 1. The topological polar surface area (TPSA) is 9.23 Å². The molecule has 0 saturated heterocycles. The van der Waals surface area contributed by atoms with Crippen molar-refractivity contribution in [3.05, 3.63) is 28.8 Å². The fourth-order valence-electron chi connectivity index (χ4n) is 1.30. The molecule has 3 heteroatoms. The maximum absolute atomic E-state index is 5.93. The highest BCUT2D eigenvalue weighted by Gasteiger charge is 2.03. The average molecular weight is 278 g/mol. The Labute approximate surface area is 98.5 Å². The number of hydrogen-bond acceptors (Lipinski definition) is 1. The molecule has 78 valence electrons. The molecule has 0 spiro atoms. The van der Waals surface area contributed by atoms with E-state index in [1.54, 1.807) is 0 Å². The molecule has 0 radical (unpaired) electrons. The highest BCUT2D eigenvalue weighted by atomic mass is 79.9. The van der Waals surface area contributed by atoms with Crippen LogP contribution >= 0.6 is 27.5 Å². The van der Waals surface area contributed by atoms with Crippen molar-refractivity contribution < 1.29 is 4.74 Å². The molecule has 0 fully saturated rings. The van der Waals surface area contributed by atoms with Gasteiger partial charge in [-0.25, -0.2) is 0 Å². The average Bonchev–Trinajstić information content (AvgIpc) is 2.18. The van der Waals surface area contributed by atoms with Gasteiger partial charge in [-0.15, -0.1) is 0 Å². The molecule has 0 bridgehead atoms. The number of ether oxygens (including phenoxy) is 1. The second kappa shape index (κ2) is 6.31. The number of benzene rings is 1. The highest BCUT2D eigenvalue weighted by Crippen LogP contribution is 2.24. The quantitative estimate of drug-likeness (QED) is 0.737. The van der Waals surface area contributed by atoms with E-state index >= 15 is 0 Å². The minimum Gasteiger partial charge on any atom is -0.494 e. The lowest BCUT2D eigenvalue weighted by atomic mass is 10.1. The van der Waals surface area contributed by atoms with Crippen molar-refractivity contribution in [3.63, 3.8) is 0 Å². The lowest BCUT2D eigenvalue weighted by molar-refractivity contribution is 0.336. The molecule has 0 aromatic heterocycles. The molecule has 0 aliphatic heterocycles. The molecule has 0 heterocycles. The zero-order valence-electron chi connectivity index (χ0n) is 8.22. The predicted molar refractivity (Wildman–Crippen MR) is 64.7 cm³/mol. The Morgan fingerprint density at radius 3 is 2.86 bits per heavy atom. The lowest BCUT2D eigenvalue weighted by Crippen LogP contribution is -1.97. The van der Waals surface area contributed by atoms with Gasteiger partial charge in [0.05, 0.1) is 6.61 Å². The maximum atomic E-state index is 5.93. The first-order valence-corrected chi connectivity index (χ1v) is 6.25. The van der Waals surface area contributed by atoms with Gasteiger partial charge in [0.15, 0.2) is 0 Å². The van der Waals surface area contributed by atoms with Crippen LogP contribution in [0.15, 0.2) is 18.2 Å². The molecule has 0 saturated carbocycles. The van der Waals surface area contributed by atoms with Crippen molar-refractivity contribution in [2.45, 2.75) is 19.8 Å². The van der Waals surface area contributed by atoms with Crippen LogP contribution in [0.25, 0.3) is 0 Å². The summed E-state index contributed by atoms with van der Waals surface area (Å²) in [6.07, 6.45) is 2.10. The molecule has 1 rings (SSSR count). The first-order chi connectivity index (χ1) is 6.77. The van der Waals surface area contributed by atoms with Gasteiger partial charge in [0.1, 0.15) is 5.75 Å². The standard InChI is InChI=1S/C11H14BrClO/c1-2-14-11-6-5-10(13)8-9(11)4-3-7-12/h5-6,8H,2-4,7H2,1H3. The summed E-state index contributed by atoms with van der Waals surface area (Å²) in [6.45, 7) is 2.69. The smallest absolute Gasteiger partial charge is 0.122 e. The zero-order valence-corrected chi connectivity index (χ0v) is 10.6. The summed E-state index contributed by atoms with van der Waals surface area (Å²) in [5, 5.41) is 1.78. The third kappa shape index (κ3) is 3.50. The van der Waals surface area contributed by atoms with E-state index in [-0.39, 0.29) is 0 Å². The summed E-state index contributed by atoms with van der Waals surface area (Å²) < 4.78 is 5.52. The van der Waals surface area contributed by atoms with Crippen LogP contribution in [-0.2, 0) is 6.42 Å². The minimum atomic E-state index is 0.697. The fraction of sp³-hybridized carbons (Fsp3) is 0.455. The Hall–Kier alpha value is -0.210. The molecule has 0 N–H and O–H groups in total. The Morgan fingerprint density at radius 2 is 2.21 bits per heavy atom. The minimum absolute atomic E-state index is 0.697. The van der Waals surface area contributed by atoms with E-state index in [9.17, 15) is 0 Å². The Balaban J connectivity index is 2.79. The van der Waals surface area contributed by atoms with Gasteiger partial charge >= 0.3 is 0 Å². The van der Waals surface area contributed by atoms with Gasteiger partial charge in [0.25, 0.3) is 0 Å². The molecule has 1 nitrogen and oxygen atoms in total. The van der Waals surface area contributed by atoms with Crippen molar-refractivity contribution in [3.8, 4) is 5.75 Å². The number of halogens is 2. The largest absolute Gasteiger partial charge is 0.494 e. The summed E-state index contributed by atoms with van der Waals surface area (Å²) in [5.74, 6) is 0.956. The van der Waals surface area contributed by atoms with Crippen LogP contribution in [0, 0.1) is 0 Å². The third-order valence-electron chi connectivity index (χ3n) is 1.90. The molecule has 0 aliphatic rings. The molecule has 1 aromatic rings. The van der Waals surface area contributed by atoms with E-state index in [0.717, 1.165) is 28.9 Å². The Bertz CT molecular complexity index is 289. The van der Waals surface area contributed by atoms with Crippen molar-refractivity contribution in [2.24, 2.45) is 0 Å². The lowest BCUT2D eigenvalue weighted by Gasteiger charge is -2.09. The van der Waals surface area contributed by atoms with Crippen molar-refractivity contribution in [1.29, 1.82) is 0 Å². The molecule has 14 heavy (non-hydrogen) atoms. The number of aryl methyl sites for hydroxylation is 1. The Kier molecular flexibility index (Phi) is 5.34. The summed E-state index contributed by atoms with van der Waals surface area (Å²) in [4.78, 5) is 0. The van der Waals surface area contributed by atoms with Gasteiger partial charge in [-0.3, -0.25) is 0 Å². The summed E-state index contributed by atoms with van der Waals surface area (Å²) in [6, 6.07) is 5.79. The molecule has 0 unspecified atom stereocenters. The van der Waals surface area contributed by atoms with E-state index in [2.05, 4.69) is 15.9 Å². The second-order valence-corrected chi connectivity index (χ2v) is 4.21. The number of rotatable bonds is 5. The molecular formula is C11H14BrClO. The van der Waals surface area contributed by atoms with Crippen LogP contribution in [0.5, 0.6) is 5.75 Å². The monoisotopic (exact) mass is 276 g/mol. The van der Waals surface area contributed by atoms with E-state index in [1.807, 2.05) is 25.1 Å². The van der Waals surface area contributed by atoms with Gasteiger partial charge in [0, 0.05) is 10.4 Å². The van der Waals surface area contributed by atoms with Gasteiger partial charge < -0.3 is 4.74 Å². The van der Waals surface area contributed by atoms with Crippen LogP contribution in [0.4, 0.5) is 0 Å². The first-order valence-electron chi connectivity index (χ1n) is 4.75. The van der Waals surface area contributed by atoms with Crippen LogP contribution < -0.4 is 4.74 Å². The second-order valence-electron chi connectivity index (χ2n) is 2.98. The SMILES string of the molecule is CCOc1ccc(Cl)cc1CCCBr. The van der Waals surface area contributed by atoms with Gasteiger partial charge in [0.2, 0.25) is 0 Å². The normalized spacial score (nSPS) is 10.2. The van der Waals surface area contributed by atoms with Crippen LogP contribution in [0.1, 0.15) is 18.9 Å². The predicted octanol–water partition coefficient (Wildman–Crippen LogP) is 4.07. The summed E-state index contributed by atoms with van der Waals surface area (Å²) >= 11 is 9.34. The van der Waals surface area contributed by atoms with Crippen LogP contribution in [0.3, 0.4) is 0 Å². The third-order valence-corrected chi connectivity index (χ3v) is 2.70. The fourth-order valence-corrected chi connectivity index (χ4v) is 1.77. The van der Waals surface area contributed by atoms with Crippen molar-refractivity contribution in [2.75, 3.05) is 11.9 Å². The van der Waals surface area contributed by atoms with Gasteiger partial charge in [-0.05, 0) is 43.5 Å². The van der Waals surface area contributed by atoms with Crippen molar-refractivity contribution >= 4 is 27.5 Å². The molecule has 0 aliphatic carbocycles. The number of hydrogen-bond donors (Lipinski definition) is 0. The highest BCUT2D eigenvalue weighted by molar-refractivity contribution is 9.09. The van der Waals surface area contributed by atoms with Crippen molar-refractivity contribution in [1.82, 2.24) is 0 Å². The van der Waals surface area contributed by atoms with E-state index in [0.29, 0.717) is 6.61 Å². The van der Waals surface area contributed by atoms with Gasteiger partial charge in [-0.1, -0.05) is 27.5 Å². The maximum Gasteiger partial charge on any atom is 0.122 e. The zero-order chi connectivity index (χ0) is 10.4. The first kappa shape index (κ1) is 11.9. The van der Waals surface area contributed by atoms with Gasteiger partial charge in [-0.2, -0.15) is 0 Å².